The van der Waals surface area contributed by atoms with E-state index in [0.717, 1.165) is 41.5 Å². The normalized spacial score (nSPS) is 15.3. The van der Waals surface area contributed by atoms with Crippen molar-refractivity contribution in [3.8, 4) is 11.5 Å². The number of amides is 1. The van der Waals surface area contributed by atoms with Gasteiger partial charge in [0, 0.05) is 30.7 Å². The van der Waals surface area contributed by atoms with Crippen molar-refractivity contribution in [2.45, 2.75) is 51.5 Å². The number of fused-ring (bicyclic) bond motifs is 4. The number of hydrogen-bond acceptors (Lipinski definition) is 6. The van der Waals surface area contributed by atoms with E-state index in [1.807, 2.05) is 6.07 Å². The van der Waals surface area contributed by atoms with E-state index in [2.05, 4.69) is 15.3 Å². The molecule has 0 atom stereocenters. The van der Waals surface area contributed by atoms with Gasteiger partial charge in [0.2, 0.25) is 5.91 Å². The zero-order chi connectivity index (χ0) is 22.1. The maximum atomic E-state index is 12.6. The molecule has 0 unspecified atom stereocenters. The van der Waals surface area contributed by atoms with Gasteiger partial charge in [0.1, 0.15) is 10.7 Å². The number of halogens is 1. The van der Waals surface area contributed by atoms with E-state index in [-0.39, 0.29) is 17.9 Å². The second-order valence-electron chi connectivity index (χ2n) is 8.14. The van der Waals surface area contributed by atoms with Crippen molar-refractivity contribution in [1.82, 2.24) is 15.3 Å². The van der Waals surface area contributed by atoms with E-state index in [4.69, 9.17) is 21.1 Å². The Morgan fingerprint density at radius 2 is 2.03 bits per heavy atom. The predicted octanol–water partition coefficient (Wildman–Crippen LogP) is 3.93. The summed E-state index contributed by atoms with van der Waals surface area (Å²) in [6.07, 6.45) is 5.67. The summed E-state index contributed by atoms with van der Waals surface area (Å²) in [6, 6.07) is 3.62. The predicted molar refractivity (Wildman–Crippen MR) is 124 cm³/mol. The highest BCUT2D eigenvalue weighted by molar-refractivity contribution is 7.18. The van der Waals surface area contributed by atoms with E-state index in [0.29, 0.717) is 48.5 Å². The molecule has 0 saturated carbocycles. The lowest BCUT2D eigenvalue weighted by atomic mass is 9.97. The number of nitrogens with zero attached hydrogens (tertiary/aromatic N) is 1. The van der Waals surface area contributed by atoms with Crippen molar-refractivity contribution in [2.75, 3.05) is 13.2 Å². The van der Waals surface area contributed by atoms with Crippen molar-refractivity contribution < 1.29 is 14.3 Å². The molecule has 1 aromatic carbocycles. The number of aromatic amines is 1. The molecule has 0 spiro atoms. The van der Waals surface area contributed by atoms with Crippen LogP contribution >= 0.6 is 22.9 Å². The van der Waals surface area contributed by atoms with E-state index < -0.39 is 0 Å². The Hall–Kier alpha value is -2.58. The zero-order valence-electron chi connectivity index (χ0n) is 17.6. The van der Waals surface area contributed by atoms with Crippen LogP contribution in [0.3, 0.4) is 0 Å². The Bertz CT molecular complexity index is 1240. The van der Waals surface area contributed by atoms with Crippen LogP contribution in [0, 0.1) is 0 Å². The highest BCUT2D eigenvalue weighted by Gasteiger charge is 2.20. The second kappa shape index (κ2) is 9.11. The average molecular weight is 474 g/mol. The fourth-order valence-corrected chi connectivity index (χ4v) is 5.80. The molecule has 2 N–H and O–H groups in total. The lowest BCUT2D eigenvalue weighted by molar-refractivity contribution is -0.121. The first-order valence-electron chi connectivity index (χ1n) is 11.0. The molecule has 1 amide bonds. The van der Waals surface area contributed by atoms with Gasteiger partial charge in [-0.3, -0.25) is 9.59 Å². The molecule has 0 fully saturated rings. The number of aromatic nitrogens is 2. The zero-order valence-corrected chi connectivity index (χ0v) is 19.2. The minimum absolute atomic E-state index is 0.0911. The lowest BCUT2D eigenvalue weighted by Crippen LogP contribution is -2.24. The quantitative estimate of drug-likeness (QED) is 0.585. The summed E-state index contributed by atoms with van der Waals surface area (Å²) in [5.74, 6) is 1.59. The summed E-state index contributed by atoms with van der Waals surface area (Å²) < 4.78 is 11.3. The minimum atomic E-state index is -0.124. The van der Waals surface area contributed by atoms with Crippen LogP contribution in [-0.4, -0.2) is 29.1 Å². The molecule has 2 aromatic heterocycles. The molecule has 0 bridgehead atoms. The lowest BCUT2D eigenvalue weighted by Gasteiger charge is -2.12. The van der Waals surface area contributed by atoms with Gasteiger partial charge in [-0.2, -0.15) is 0 Å². The van der Waals surface area contributed by atoms with Crippen LogP contribution in [-0.2, 0) is 30.6 Å². The van der Waals surface area contributed by atoms with Gasteiger partial charge < -0.3 is 19.8 Å². The second-order valence-corrected chi connectivity index (χ2v) is 9.63. The van der Waals surface area contributed by atoms with Gasteiger partial charge in [-0.15, -0.1) is 11.3 Å². The summed E-state index contributed by atoms with van der Waals surface area (Å²) in [5.41, 5.74) is 1.92. The van der Waals surface area contributed by atoms with E-state index in [9.17, 15) is 9.59 Å². The standard InChI is InChI=1S/C23H24ClN3O4S/c24-15-10-13(11-16-21(15)31-9-3-8-30-16)12-25-19(28)7-6-18-26-22(29)20-14-4-1-2-5-17(14)32-23(20)27-18/h10-11H,1-9,12H2,(H,25,28)(H,26,27,29). The molecule has 1 aliphatic heterocycles. The number of carbonyl (C=O) groups is 1. The monoisotopic (exact) mass is 473 g/mol. The number of benzene rings is 1. The molecular formula is C23H24ClN3O4S. The molecule has 5 rings (SSSR count). The summed E-state index contributed by atoms with van der Waals surface area (Å²) in [5, 5.41) is 4.11. The third kappa shape index (κ3) is 4.34. The Morgan fingerprint density at radius 1 is 1.19 bits per heavy atom. The van der Waals surface area contributed by atoms with Crippen molar-refractivity contribution >= 4 is 39.1 Å². The van der Waals surface area contributed by atoms with Gasteiger partial charge >= 0.3 is 0 Å². The molecule has 168 valence electrons. The first kappa shape index (κ1) is 21.3. The largest absolute Gasteiger partial charge is 0.489 e. The molecule has 3 heterocycles. The number of ether oxygens (including phenoxy) is 2. The third-order valence-corrected chi connectivity index (χ3v) is 7.28. The van der Waals surface area contributed by atoms with Crippen molar-refractivity contribution in [2.24, 2.45) is 0 Å². The SMILES string of the molecule is O=C(CCc1nc2sc3c(c2c(=O)[nH]1)CCCC3)NCc1cc(Cl)c2c(c1)OCCCO2. The molecule has 1 aliphatic carbocycles. The van der Waals surface area contributed by atoms with Crippen molar-refractivity contribution in [1.29, 1.82) is 0 Å². The number of nitrogens with one attached hydrogen (secondary N) is 2. The summed E-state index contributed by atoms with van der Waals surface area (Å²) in [7, 11) is 0. The number of hydrogen-bond donors (Lipinski definition) is 2. The summed E-state index contributed by atoms with van der Waals surface area (Å²) in [6.45, 7) is 1.47. The van der Waals surface area contributed by atoms with Gasteiger partial charge in [-0.1, -0.05) is 11.6 Å². The van der Waals surface area contributed by atoms with Gasteiger partial charge in [0.05, 0.1) is 23.6 Å². The molecule has 0 saturated heterocycles. The van der Waals surface area contributed by atoms with Crippen LogP contribution in [0.4, 0.5) is 0 Å². The van der Waals surface area contributed by atoms with Crippen LogP contribution in [0.1, 0.15) is 47.5 Å². The van der Waals surface area contributed by atoms with Crippen molar-refractivity contribution in [3.63, 3.8) is 0 Å². The maximum Gasteiger partial charge on any atom is 0.259 e. The topological polar surface area (TPSA) is 93.3 Å². The van der Waals surface area contributed by atoms with Crippen molar-refractivity contribution in [3.05, 3.63) is 49.3 Å². The highest BCUT2D eigenvalue weighted by atomic mass is 35.5. The van der Waals surface area contributed by atoms with Crippen LogP contribution < -0.4 is 20.3 Å². The average Bonchev–Trinajstić information content (AvgIpc) is 2.99. The van der Waals surface area contributed by atoms with Gasteiger partial charge in [-0.05, 0) is 48.9 Å². The number of rotatable bonds is 5. The molecule has 9 heteroatoms. The summed E-state index contributed by atoms with van der Waals surface area (Å²) in [4.78, 5) is 34.6. The van der Waals surface area contributed by atoms with Crippen LogP contribution in [0.25, 0.3) is 10.2 Å². The number of H-pyrrole nitrogens is 1. The third-order valence-electron chi connectivity index (χ3n) is 5.81. The Balaban J connectivity index is 1.22. The van der Waals surface area contributed by atoms with Gasteiger partial charge in [0.25, 0.3) is 5.56 Å². The van der Waals surface area contributed by atoms with E-state index in [1.54, 1.807) is 17.4 Å². The number of carbonyl (C=O) groups excluding carboxylic acids is 1. The Labute approximate surface area is 194 Å². The molecule has 2 aliphatic rings. The smallest absolute Gasteiger partial charge is 0.259 e. The fraction of sp³-hybridized carbons (Fsp3) is 0.435. The molecule has 0 radical (unpaired) electrons. The van der Waals surface area contributed by atoms with Gasteiger partial charge in [-0.25, -0.2) is 4.98 Å². The number of thiophene rings is 1. The molecule has 7 nitrogen and oxygen atoms in total. The molecule has 32 heavy (non-hydrogen) atoms. The molecule has 3 aromatic rings. The Morgan fingerprint density at radius 3 is 2.94 bits per heavy atom. The van der Waals surface area contributed by atoms with E-state index in [1.165, 1.54) is 16.9 Å². The van der Waals surface area contributed by atoms with Gasteiger partial charge in [0.15, 0.2) is 11.5 Å². The first-order valence-corrected chi connectivity index (χ1v) is 12.2. The molecular weight excluding hydrogens is 450 g/mol. The highest BCUT2D eigenvalue weighted by Crippen LogP contribution is 2.38. The minimum Gasteiger partial charge on any atom is -0.489 e. The maximum absolute atomic E-state index is 12.6. The van der Waals surface area contributed by atoms with Crippen LogP contribution in [0.5, 0.6) is 11.5 Å². The van der Waals surface area contributed by atoms with Crippen LogP contribution in [0.15, 0.2) is 16.9 Å². The number of aryl methyl sites for hydroxylation is 3. The summed E-state index contributed by atoms with van der Waals surface area (Å²) >= 11 is 7.94. The fourth-order valence-electron chi connectivity index (χ4n) is 4.23. The van der Waals surface area contributed by atoms with Crippen LogP contribution in [0.2, 0.25) is 5.02 Å². The van der Waals surface area contributed by atoms with E-state index >= 15 is 0 Å². The first-order chi connectivity index (χ1) is 15.6. The Kier molecular flexibility index (Phi) is 6.06.